The third-order valence-corrected chi connectivity index (χ3v) is 4.92. The second kappa shape index (κ2) is 8.70. The molecule has 2 rings (SSSR count). The number of hydrogen-bond acceptors (Lipinski definition) is 4. The minimum atomic E-state index is -4.01. The number of halogens is 1. The molecule has 8 heteroatoms. The Morgan fingerprint density at radius 2 is 1.72 bits per heavy atom. The van der Waals surface area contributed by atoms with Crippen molar-refractivity contribution in [1.82, 2.24) is 10.0 Å². The van der Waals surface area contributed by atoms with Crippen LogP contribution in [0.25, 0.3) is 0 Å². The molecule has 25 heavy (non-hydrogen) atoms. The van der Waals surface area contributed by atoms with Crippen molar-refractivity contribution in [2.24, 2.45) is 0 Å². The van der Waals surface area contributed by atoms with Gasteiger partial charge < -0.3 is 10.4 Å². The summed E-state index contributed by atoms with van der Waals surface area (Å²) in [7, 11) is -4.01. The lowest BCUT2D eigenvalue weighted by atomic mass is 10.1. The van der Waals surface area contributed by atoms with E-state index in [-0.39, 0.29) is 24.5 Å². The zero-order valence-corrected chi connectivity index (χ0v) is 14.2. The monoisotopic (exact) mass is 366 g/mol. The van der Waals surface area contributed by atoms with Crippen LogP contribution >= 0.6 is 0 Å². The van der Waals surface area contributed by atoms with Crippen LogP contribution in [0.15, 0.2) is 59.5 Å². The van der Waals surface area contributed by atoms with E-state index in [1.807, 2.05) is 6.07 Å². The summed E-state index contributed by atoms with van der Waals surface area (Å²) in [6.07, 6.45) is 0.137. The Morgan fingerprint density at radius 1 is 1.08 bits per heavy atom. The zero-order chi connectivity index (χ0) is 18.3. The lowest BCUT2D eigenvalue weighted by Gasteiger charge is -2.18. The van der Waals surface area contributed by atoms with Crippen LogP contribution in [-0.4, -0.2) is 38.6 Å². The SMILES string of the molecule is O=C(NCCO)[C@H](Cc1ccccc1)NS(=O)(=O)c1ccc(F)cc1. The molecule has 0 heterocycles. The van der Waals surface area contributed by atoms with Crippen molar-refractivity contribution in [1.29, 1.82) is 0 Å². The summed E-state index contributed by atoms with van der Waals surface area (Å²) in [5, 5.41) is 11.3. The van der Waals surface area contributed by atoms with E-state index in [2.05, 4.69) is 10.0 Å². The molecule has 0 aliphatic rings. The quantitative estimate of drug-likeness (QED) is 0.645. The summed E-state index contributed by atoms with van der Waals surface area (Å²) in [5.74, 6) is -1.11. The Kier molecular flexibility index (Phi) is 6.63. The number of nitrogens with one attached hydrogen (secondary N) is 2. The van der Waals surface area contributed by atoms with Crippen molar-refractivity contribution in [2.75, 3.05) is 13.2 Å². The summed E-state index contributed by atoms with van der Waals surface area (Å²) in [5.41, 5.74) is 0.772. The largest absolute Gasteiger partial charge is 0.395 e. The molecule has 3 N–H and O–H groups in total. The molecule has 2 aromatic carbocycles. The van der Waals surface area contributed by atoms with E-state index in [4.69, 9.17) is 5.11 Å². The van der Waals surface area contributed by atoms with Gasteiger partial charge in [-0.25, -0.2) is 12.8 Å². The lowest BCUT2D eigenvalue weighted by molar-refractivity contribution is -0.122. The number of benzene rings is 2. The van der Waals surface area contributed by atoms with E-state index in [1.54, 1.807) is 24.3 Å². The second-order valence-electron chi connectivity index (χ2n) is 5.33. The first kappa shape index (κ1) is 19.0. The summed E-state index contributed by atoms with van der Waals surface area (Å²) in [6, 6.07) is 12.2. The van der Waals surface area contributed by atoms with E-state index >= 15 is 0 Å². The average Bonchev–Trinajstić information content (AvgIpc) is 2.60. The number of hydrogen-bond donors (Lipinski definition) is 3. The van der Waals surface area contributed by atoms with Crippen LogP contribution in [0, 0.1) is 5.82 Å². The molecule has 0 spiro atoms. The molecule has 0 saturated carbocycles. The van der Waals surface area contributed by atoms with Crippen LogP contribution in [0.3, 0.4) is 0 Å². The van der Waals surface area contributed by atoms with Crippen molar-refractivity contribution in [3.63, 3.8) is 0 Å². The molecule has 0 saturated heterocycles. The van der Waals surface area contributed by atoms with Crippen LogP contribution in [0.4, 0.5) is 4.39 Å². The minimum Gasteiger partial charge on any atom is -0.395 e. The highest BCUT2D eigenvalue weighted by Gasteiger charge is 2.25. The summed E-state index contributed by atoms with van der Waals surface area (Å²) in [6.45, 7) is -0.239. The minimum absolute atomic E-state index is 0.0163. The van der Waals surface area contributed by atoms with E-state index in [1.165, 1.54) is 0 Å². The highest BCUT2D eigenvalue weighted by molar-refractivity contribution is 7.89. The van der Waals surface area contributed by atoms with E-state index in [0.717, 1.165) is 29.8 Å². The molecule has 2 aromatic rings. The van der Waals surface area contributed by atoms with Gasteiger partial charge in [0, 0.05) is 6.54 Å². The number of rotatable bonds is 8. The first-order chi connectivity index (χ1) is 11.9. The topological polar surface area (TPSA) is 95.5 Å². The van der Waals surface area contributed by atoms with Gasteiger partial charge in [0.2, 0.25) is 15.9 Å². The fourth-order valence-corrected chi connectivity index (χ4v) is 3.40. The van der Waals surface area contributed by atoms with Crippen LogP contribution in [0.2, 0.25) is 0 Å². The van der Waals surface area contributed by atoms with Crippen molar-refractivity contribution in [3.8, 4) is 0 Å². The number of aliphatic hydroxyl groups excluding tert-OH is 1. The predicted molar refractivity (Wildman–Crippen MR) is 90.8 cm³/mol. The molecule has 0 radical (unpaired) electrons. The second-order valence-corrected chi connectivity index (χ2v) is 7.05. The Labute approximate surface area is 145 Å². The average molecular weight is 366 g/mol. The standard InChI is InChI=1S/C17H19FN2O4S/c18-14-6-8-15(9-7-14)25(23,24)20-16(17(22)19-10-11-21)12-13-4-2-1-3-5-13/h1-9,16,20-21H,10-12H2,(H,19,22)/t16-/m0/s1. The van der Waals surface area contributed by atoms with E-state index in [0.29, 0.717) is 0 Å². The Hall–Kier alpha value is -2.29. The predicted octanol–water partition coefficient (Wildman–Crippen LogP) is 0.824. The first-order valence-corrected chi connectivity index (χ1v) is 9.11. The van der Waals surface area contributed by atoms with Crippen LogP contribution in [0.5, 0.6) is 0 Å². The molecular formula is C17H19FN2O4S. The smallest absolute Gasteiger partial charge is 0.241 e. The molecule has 1 atom stereocenters. The van der Waals surface area contributed by atoms with Crippen molar-refractivity contribution in [3.05, 3.63) is 66.0 Å². The molecular weight excluding hydrogens is 347 g/mol. The number of amides is 1. The molecule has 0 aromatic heterocycles. The molecule has 0 fully saturated rings. The Morgan fingerprint density at radius 3 is 2.32 bits per heavy atom. The molecule has 134 valence electrons. The number of carbonyl (C=O) groups excluding carboxylic acids is 1. The lowest BCUT2D eigenvalue weighted by Crippen LogP contribution is -2.48. The van der Waals surface area contributed by atoms with E-state index < -0.39 is 27.8 Å². The highest BCUT2D eigenvalue weighted by atomic mass is 32.2. The fraction of sp³-hybridized carbons (Fsp3) is 0.235. The molecule has 0 unspecified atom stereocenters. The van der Waals surface area contributed by atoms with Crippen molar-refractivity contribution < 1.29 is 22.7 Å². The van der Waals surface area contributed by atoms with Crippen molar-refractivity contribution >= 4 is 15.9 Å². The zero-order valence-electron chi connectivity index (χ0n) is 13.4. The molecule has 1 amide bonds. The third kappa shape index (κ3) is 5.63. The van der Waals surface area contributed by atoms with Gasteiger partial charge in [-0.3, -0.25) is 4.79 Å². The van der Waals surface area contributed by atoms with Gasteiger partial charge in [0.1, 0.15) is 11.9 Å². The maximum Gasteiger partial charge on any atom is 0.241 e. The van der Waals surface area contributed by atoms with E-state index in [9.17, 15) is 17.6 Å². The summed E-state index contributed by atoms with van der Waals surface area (Å²) >= 11 is 0. The number of sulfonamides is 1. The highest BCUT2D eigenvalue weighted by Crippen LogP contribution is 2.12. The van der Waals surface area contributed by atoms with Crippen LogP contribution in [0.1, 0.15) is 5.56 Å². The number of carbonyl (C=O) groups is 1. The fourth-order valence-electron chi connectivity index (χ4n) is 2.21. The van der Waals surface area contributed by atoms with Gasteiger partial charge >= 0.3 is 0 Å². The van der Waals surface area contributed by atoms with Gasteiger partial charge in [-0.05, 0) is 36.2 Å². The number of aliphatic hydroxyl groups is 1. The first-order valence-electron chi connectivity index (χ1n) is 7.63. The maximum absolute atomic E-state index is 13.0. The van der Waals surface area contributed by atoms with Gasteiger partial charge in [-0.1, -0.05) is 30.3 Å². The van der Waals surface area contributed by atoms with Gasteiger partial charge in [-0.2, -0.15) is 4.72 Å². The third-order valence-electron chi connectivity index (χ3n) is 3.43. The maximum atomic E-state index is 13.0. The summed E-state index contributed by atoms with van der Waals surface area (Å²) in [4.78, 5) is 12.1. The molecule has 0 bridgehead atoms. The van der Waals surface area contributed by atoms with Gasteiger partial charge in [-0.15, -0.1) is 0 Å². The van der Waals surface area contributed by atoms with Gasteiger partial charge in [0.25, 0.3) is 0 Å². The molecule has 0 aliphatic carbocycles. The van der Waals surface area contributed by atoms with Gasteiger partial charge in [0.15, 0.2) is 0 Å². The molecule has 6 nitrogen and oxygen atoms in total. The molecule has 0 aliphatic heterocycles. The van der Waals surface area contributed by atoms with Crippen LogP contribution < -0.4 is 10.0 Å². The summed E-state index contributed by atoms with van der Waals surface area (Å²) < 4.78 is 40.3. The van der Waals surface area contributed by atoms with Gasteiger partial charge in [0.05, 0.1) is 11.5 Å². The Bertz CT molecular complexity index is 795. The normalized spacial score (nSPS) is 12.6. The van der Waals surface area contributed by atoms with Crippen LogP contribution in [-0.2, 0) is 21.2 Å². The Balaban J connectivity index is 2.22. The van der Waals surface area contributed by atoms with Crippen molar-refractivity contribution in [2.45, 2.75) is 17.4 Å².